The zero-order chi connectivity index (χ0) is 18.8. The first-order chi connectivity index (χ1) is 13.1. The maximum absolute atomic E-state index is 12.6. The van der Waals surface area contributed by atoms with Gasteiger partial charge in [0.1, 0.15) is 0 Å². The zero-order valence-corrected chi connectivity index (χ0v) is 15.8. The average molecular weight is 396 g/mol. The summed E-state index contributed by atoms with van der Waals surface area (Å²) >= 11 is 7.57. The first-order valence-electron chi connectivity index (χ1n) is 8.10. The molecule has 0 aliphatic rings. The molecule has 0 unspecified atom stereocenters. The minimum Gasteiger partial charge on any atom is -0.296 e. The molecule has 134 valence electrons. The lowest BCUT2D eigenvalue weighted by atomic mass is 10.2. The summed E-state index contributed by atoms with van der Waals surface area (Å²) in [6.45, 7) is 1.83. The molecule has 0 fully saturated rings. The van der Waals surface area contributed by atoms with Crippen molar-refractivity contribution >= 4 is 34.0 Å². The van der Waals surface area contributed by atoms with Crippen molar-refractivity contribution in [2.24, 2.45) is 0 Å². The molecule has 0 saturated carbocycles. The molecule has 8 heteroatoms. The summed E-state index contributed by atoms with van der Waals surface area (Å²) in [7, 11) is 0. The maximum Gasteiger partial charge on any atom is 0.278 e. The van der Waals surface area contributed by atoms with E-state index >= 15 is 0 Å². The molecule has 0 aliphatic heterocycles. The Bertz CT molecular complexity index is 1110. The van der Waals surface area contributed by atoms with E-state index in [4.69, 9.17) is 11.6 Å². The Balaban J connectivity index is 1.56. The molecule has 4 rings (SSSR count). The first kappa shape index (κ1) is 17.4. The van der Waals surface area contributed by atoms with Gasteiger partial charge in [-0.25, -0.2) is 9.67 Å². The van der Waals surface area contributed by atoms with Crippen LogP contribution in [-0.4, -0.2) is 25.7 Å². The van der Waals surface area contributed by atoms with Crippen LogP contribution in [0.5, 0.6) is 0 Å². The van der Waals surface area contributed by atoms with Crippen LogP contribution < -0.4 is 5.32 Å². The van der Waals surface area contributed by atoms with Gasteiger partial charge in [0, 0.05) is 35.1 Å². The predicted octanol–water partition coefficient (Wildman–Crippen LogP) is 4.60. The van der Waals surface area contributed by atoms with Gasteiger partial charge in [-0.3, -0.25) is 15.1 Å². The number of aryl methyl sites for hydroxylation is 1. The average Bonchev–Trinajstić information content (AvgIpc) is 3.29. The standard InChI is InChI=1S/C19H14ClN5OS/c1-12-10-25(16-7-3-2-6-14(16)20)24-17(12)18(26)23-19-22-15(11-27-19)13-5-4-8-21-9-13/h2-11H,1H3,(H,22,23,26). The molecule has 6 nitrogen and oxygen atoms in total. The van der Waals surface area contributed by atoms with Crippen molar-refractivity contribution in [2.45, 2.75) is 6.92 Å². The topological polar surface area (TPSA) is 72.7 Å². The van der Waals surface area contributed by atoms with Crippen LogP contribution in [0.4, 0.5) is 5.13 Å². The Morgan fingerprint density at radius 2 is 2.07 bits per heavy atom. The Hall–Kier alpha value is -3.03. The summed E-state index contributed by atoms with van der Waals surface area (Å²) in [5.74, 6) is -0.314. The quantitative estimate of drug-likeness (QED) is 0.547. The third-order valence-electron chi connectivity index (χ3n) is 3.89. The molecule has 27 heavy (non-hydrogen) atoms. The molecular weight excluding hydrogens is 382 g/mol. The van der Waals surface area contributed by atoms with Crippen LogP contribution in [-0.2, 0) is 0 Å². The third kappa shape index (κ3) is 3.60. The van der Waals surface area contributed by atoms with E-state index < -0.39 is 0 Å². The lowest BCUT2D eigenvalue weighted by Gasteiger charge is -2.03. The SMILES string of the molecule is Cc1cn(-c2ccccc2Cl)nc1C(=O)Nc1nc(-c2cccnc2)cs1. The van der Waals surface area contributed by atoms with Gasteiger partial charge in [-0.05, 0) is 31.2 Å². The van der Waals surface area contributed by atoms with Gasteiger partial charge in [0.15, 0.2) is 10.8 Å². The number of nitrogens with one attached hydrogen (secondary N) is 1. The normalized spacial score (nSPS) is 10.7. The molecule has 0 aliphatic carbocycles. The summed E-state index contributed by atoms with van der Waals surface area (Å²) < 4.78 is 1.61. The summed E-state index contributed by atoms with van der Waals surface area (Å²) in [6.07, 6.45) is 5.21. The highest BCUT2D eigenvalue weighted by atomic mass is 35.5. The Labute approximate surface area is 164 Å². The van der Waals surface area contributed by atoms with Gasteiger partial charge >= 0.3 is 0 Å². The number of hydrogen-bond acceptors (Lipinski definition) is 5. The summed E-state index contributed by atoms with van der Waals surface area (Å²) in [5, 5.41) is 10.1. The van der Waals surface area contributed by atoms with Gasteiger partial charge in [0.25, 0.3) is 5.91 Å². The van der Waals surface area contributed by atoms with Crippen LogP contribution in [0.15, 0.2) is 60.4 Å². The number of carbonyl (C=O) groups is 1. The number of benzene rings is 1. The van der Waals surface area contributed by atoms with Crippen LogP contribution >= 0.6 is 22.9 Å². The van der Waals surface area contributed by atoms with E-state index in [1.165, 1.54) is 11.3 Å². The highest BCUT2D eigenvalue weighted by molar-refractivity contribution is 7.14. The van der Waals surface area contributed by atoms with Crippen molar-refractivity contribution in [2.75, 3.05) is 5.32 Å². The van der Waals surface area contributed by atoms with Crippen molar-refractivity contribution in [1.82, 2.24) is 19.7 Å². The molecule has 3 heterocycles. The van der Waals surface area contributed by atoms with Gasteiger partial charge in [0.2, 0.25) is 0 Å². The van der Waals surface area contributed by atoms with Gasteiger partial charge in [-0.15, -0.1) is 11.3 Å². The zero-order valence-electron chi connectivity index (χ0n) is 14.3. The number of rotatable bonds is 4. The lowest BCUT2D eigenvalue weighted by Crippen LogP contribution is -2.14. The highest BCUT2D eigenvalue weighted by Crippen LogP contribution is 2.25. The van der Waals surface area contributed by atoms with Crippen molar-refractivity contribution in [1.29, 1.82) is 0 Å². The number of pyridine rings is 1. The van der Waals surface area contributed by atoms with Crippen LogP contribution in [0.25, 0.3) is 16.9 Å². The molecule has 1 amide bonds. The van der Waals surface area contributed by atoms with Crippen molar-refractivity contribution in [3.8, 4) is 16.9 Å². The Kier molecular flexibility index (Phi) is 4.70. The fourth-order valence-corrected chi connectivity index (χ4v) is 3.52. The van der Waals surface area contributed by atoms with Gasteiger partial charge < -0.3 is 0 Å². The van der Waals surface area contributed by atoms with Gasteiger partial charge in [-0.2, -0.15) is 5.10 Å². The van der Waals surface area contributed by atoms with Crippen molar-refractivity contribution < 1.29 is 4.79 Å². The molecular formula is C19H14ClN5OS. The number of anilines is 1. The van der Waals surface area contributed by atoms with E-state index in [0.29, 0.717) is 15.8 Å². The lowest BCUT2D eigenvalue weighted by molar-refractivity contribution is 0.102. The van der Waals surface area contributed by atoms with Crippen LogP contribution in [0.1, 0.15) is 16.1 Å². The molecule has 0 radical (unpaired) electrons. The third-order valence-corrected chi connectivity index (χ3v) is 4.97. The second kappa shape index (κ2) is 7.30. The molecule has 0 spiro atoms. The van der Waals surface area contributed by atoms with Crippen molar-refractivity contribution in [3.63, 3.8) is 0 Å². The molecule has 0 saturated heterocycles. The second-order valence-corrected chi connectivity index (χ2v) is 7.06. The number of para-hydroxylation sites is 1. The number of thiazole rings is 1. The number of nitrogens with zero attached hydrogens (tertiary/aromatic N) is 4. The van der Waals surface area contributed by atoms with Crippen LogP contribution in [0.3, 0.4) is 0 Å². The van der Waals surface area contributed by atoms with E-state index in [-0.39, 0.29) is 5.91 Å². The van der Waals surface area contributed by atoms with E-state index in [1.807, 2.05) is 42.6 Å². The van der Waals surface area contributed by atoms with Gasteiger partial charge in [0.05, 0.1) is 16.4 Å². The molecule has 1 aromatic carbocycles. The molecule has 0 atom stereocenters. The number of carbonyl (C=O) groups excluding carboxylic acids is 1. The monoisotopic (exact) mass is 395 g/mol. The smallest absolute Gasteiger partial charge is 0.278 e. The number of halogens is 1. The number of aromatic nitrogens is 4. The number of amides is 1. The Morgan fingerprint density at radius 3 is 2.85 bits per heavy atom. The number of hydrogen-bond donors (Lipinski definition) is 1. The maximum atomic E-state index is 12.6. The van der Waals surface area contributed by atoms with Gasteiger partial charge in [-0.1, -0.05) is 23.7 Å². The molecule has 4 aromatic rings. The first-order valence-corrected chi connectivity index (χ1v) is 9.36. The Morgan fingerprint density at radius 1 is 1.22 bits per heavy atom. The molecule has 1 N–H and O–H groups in total. The highest BCUT2D eigenvalue weighted by Gasteiger charge is 2.17. The van der Waals surface area contributed by atoms with E-state index in [9.17, 15) is 4.79 Å². The fourth-order valence-electron chi connectivity index (χ4n) is 2.58. The second-order valence-electron chi connectivity index (χ2n) is 5.79. The van der Waals surface area contributed by atoms with E-state index in [2.05, 4.69) is 20.4 Å². The molecule has 0 bridgehead atoms. The minimum absolute atomic E-state index is 0.314. The van der Waals surface area contributed by atoms with E-state index in [1.54, 1.807) is 29.3 Å². The largest absolute Gasteiger partial charge is 0.296 e. The van der Waals surface area contributed by atoms with Crippen LogP contribution in [0.2, 0.25) is 5.02 Å². The van der Waals surface area contributed by atoms with Crippen LogP contribution in [0, 0.1) is 6.92 Å². The molecule has 3 aromatic heterocycles. The summed E-state index contributed by atoms with van der Waals surface area (Å²) in [4.78, 5) is 21.2. The van der Waals surface area contributed by atoms with E-state index in [0.717, 1.165) is 22.5 Å². The fraction of sp³-hybridized carbons (Fsp3) is 0.0526. The summed E-state index contributed by atoms with van der Waals surface area (Å²) in [5.41, 5.74) is 3.45. The van der Waals surface area contributed by atoms with Crippen molar-refractivity contribution in [3.05, 3.63) is 76.6 Å². The predicted molar refractivity (Wildman–Crippen MR) is 107 cm³/mol. The minimum atomic E-state index is -0.314. The summed E-state index contributed by atoms with van der Waals surface area (Å²) in [6, 6.07) is 11.1.